The molecule has 0 spiro atoms. The van der Waals surface area contributed by atoms with Crippen molar-refractivity contribution in [2.75, 3.05) is 0 Å². The summed E-state index contributed by atoms with van der Waals surface area (Å²) in [6, 6.07) is 20.8. The van der Waals surface area contributed by atoms with Crippen LogP contribution in [0, 0.1) is 14.4 Å². The first-order valence-corrected chi connectivity index (χ1v) is 16.1. The Morgan fingerprint density at radius 2 is 0.951 bits per heavy atom. The van der Waals surface area contributed by atoms with E-state index in [1.807, 2.05) is 13.8 Å². The van der Waals surface area contributed by atoms with Crippen molar-refractivity contribution < 1.29 is 34.8 Å². The molecular formula is C32H35IO8. The van der Waals surface area contributed by atoms with E-state index in [0.717, 1.165) is 0 Å². The van der Waals surface area contributed by atoms with Crippen LogP contribution in [0.2, 0.25) is 0 Å². The van der Waals surface area contributed by atoms with E-state index in [1.165, 1.54) is 48.5 Å². The van der Waals surface area contributed by atoms with Gasteiger partial charge in [0.2, 0.25) is 0 Å². The van der Waals surface area contributed by atoms with E-state index in [4.69, 9.17) is 15.6 Å². The fourth-order valence-electron chi connectivity index (χ4n) is 2.94. The first-order valence-electron chi connectivity index (χ1n) is 13.2. The van der Waals surface area contributed by atoms with Crippen LogP contribution in [0.1, 0.15) is 75.1 Å². The summed E-state index contributed by atoms with van der Waals surface area (Å²) in [5, 5.41) is 0. The van der Waals surface area contributed by atoms with Crippen LogP contribution in [-0.4, -0.2) is 23.9 Å². The summed E-state index contributed by atoms with van der Waals surface area (Å²) in [4.78, 5) is 50.7. The van der Waals surface area contributed by atoms with E-state index in [1.54, 1.807) is 58.0 Å². The second kappa shape index (κ2) is 13.8. The maximum atomic E-state index is 13.0. The predicted molar refractivity (Wildman–Crippen MR) is 162 cm³/mol. The quantitative estimate of drug-likeness (QED) is 0.116. The van der Waals surface area contributed by atoms with E-state index >= 15 is 0 Å². The monoisotopic (exact) mass is 674 g/mol. The molecule has 3 aromatic carbocycles. The molecule has 0 fully saturated rings. The predicted octanol–water partition coefficient (Wildman–Crippen LogP) is 7.59. The van der Waals surface area contributed by atoms with Gasteiger partial charge in [0.1, 0.15) is 0 Å². The number of hydrogen-bond donors (Lipinski definition) is 0. The Morgan fingerprint density at radius 1 is 0.585 bits per heavy atom. The molecule has 0 atom stereocenters. The molecule has 41 heavy (non-hydrogen) atoms. The van der Waals surface area contributed by atoms with Crippen molar-refractivity contribution in [3.63, 3.8) is 0 Å². The number of carbonyl (C=O) groups excluding carboxylic acids is 4. The first kappa shape index (κ1) is 31.8. The third kappa shape index (κ3) is 8.63. The summed E-state index contributed by atoms with van der Waals surface area (Å²) in [6.07, 6.45) is 1.24. The Morgan fingerprint density at radius 3 is 1.29 bits per heavy atom. The molecule has 0 aliphatic heterocycles. The summed E-state index contributed by atoms with van der Waals surface area (Å²) in [5.74, 6) is -1.44. The number of rotatable bonds is 11. The van der Waals surface area contributed by atoms with Crippen molar-refractivity contribution >= 4 is 44.5 Å². The van der Waals surface area contributed by atoms with Gasteiger partial charge in [0.15, 0.2) is 0 Å². The molecule has 9 heteroatoms. The van der Waals surface area contributed by atoms with Gasteiger partial charge in [-0.15, -0.1) is 0 Å². The van der Waals surface area contributed by atoms with Crippen LogP contribution in [0.15, 0.2) is 78.9 Å². The van der Waals surface area contributed by atoms with Crippen molar-refractivity contribution in [3.8, 4) is 11.5 Å². The van der Waals surface area contributed by atoms with Crippen molar-refractivity contribution in [2.24, 2.45) is 10.8 Å². The number of halogens is 1. The summed E-state index contributed by atoms with van der Waals surface area (Å²) in [7, 11) is 0. The Labute approximate surface area is 248 Å². The standard InChI is InChI=1S/C32H35IO8/c1-7-31(3,4)29(36)38-25-18-14-22(15-19-25)27(34)40-33(24-12-10-9-11-13-24)41-28(35)23-16-20-26(21-17-23)39-30(37)32(5,6)8-2/h9-21H,7-8H2,1-6H3. The molecule has 3 aromatic rings. The zero-order valence-electron chi connectivity index (χ0n) is 24.1. The Balaban J connectivity index is 1.71. The van der Waals surface area contributed by atoms with Crippen molar-refractivity contribution in [1.82, 2.24) is 0 Å². The zero-order valence-corrected chi connectivity index (χ0v) is 26.2. The van der Waals surface area contributed by atoms with Gasteiger partial charge >= 0.3 is 250 Å². The fourth-order valence-corrected chi connectivity index (χ4v) is 5.77. The van der Waals surface area contributed by atoms with Crippen LogP contribution < -0.4 is 9.47 Å². The van der Waals surface area contributed by atoms with Crippen LogP contribution in [0.5, 0.6) is 11.5 Å². The Hall–Kier alpha value is -3.73. The SMILES string of the molecule is CCC(C)(C)C(=O)Oc1ccc(C(=O)OI(OC(=O)c2ccc(OC(=O)C(C)(C)CC)cc2)c2ccccc2)cc1. The normalized spacial score (nSPS) is 11.7. The number of hydrogen-bond acceptors (Lipinski definition) is 8. The second-order valence-electron chi connectivity index (χ2n) is 10.5. The average molecular weight is 675 g/mol. The molecule has 0 aliphatic carbocycles. The Kier molecular flexibility index (Phi) is 10.7. The van der Waals surface area contributed by atoms with E-state index in [2.05, 4.69) is 0 Å². The zero-order chi connectivity index (χ0) is 30.2. The van der Waals surface area contributed by atoms with Gasteiger partial charge in [-0.2, -0.15) is 0 Å². The molecule has 218 valence electrons. The van der Waals surface area contributed by atoms with Gasteiger partial charge in [0.05, 0.1) is 0 Å². The van der Waals surface area contributed by atoms with Gasteiger partial charge in [-0.3, -0.25) is 0 Å². The summed E-state index contributed by atoms with van der Waals surface area (Å²) >= 11 is -3.26. The molecule has 0 bridgehead atoms. The average Bonchev–Trinajstić information content (AvgIpc) is 2.97. The summed E-state index contributed by atoms with van der Waals surface area (Å²) in [6.45, 7) is 11.0. The van der Waals surface area contributed by atoms with Gasteiger partial charge in [0.25, 0.3) is 0 Å². The third-order valence-corrected chi connectivity index (χ3v) is 10.0. The van der Waals surface area contributed by atoms with Crippen LogP contribution in [0.4, 0.5) is 0 Å². The maximum absolute atomic E-state index is 13.0. The molecule has 3 rings (SSSR count). The molecule has 0 unspecified atom stereocenters. The van der Waals surface area contributed by atoms with E-state index in [9.17, 15) is 19.2 Å². The second-order valence-corrected chi connectivity index (χ2v) is 13.9. The first-order chi connectivity index (χ1) is 19.4. The van der Waals surface area contributed by atoms with E-state index in [-0.39, 0.29) is 23.1 Å². The fraction of sp³-hybridized carbons (Fsp3) is 0.312. The number of ether oxygens (including phenoxy) is 2. The van der Waals surface area contributed by atoms with Crippen LogP contribution >= 0.6 is 20.6 Å². The molecular weight excluding hydrogens is 639 g/mol. The van der Waals surface area contributed by atoms with Crippen molar-refractivity contribution in [1.29, 1.82) is 0 Å². The molecule has 0 amide bonds. The van der Waals surface area contributed by atoms with Gasteiger partial charge in [0, 0.05) is 0 Å². The van der Waals surface area contributed by atoms with Gasteiger partial charge in [-0.05, 0) is 0 Å². The molecule has 0 aliphatic rings. The Bertz CT molecular complexity index is 1280. The van der Waals surface area contributed by atoms with Crippen LogP contribution in [-0.2, 0) is 15.7 Å². The minimum atomic E-state index is -3.26. The van der Waals surface area contributed by atoms with Crippen LogP contribution in [0.3, 0.4) is 0 Å². The number of carbonyl (C=O) groups is 4. The third-order valence-electron chi connectivity index (χ3n) is 6.67. The summed E-state index contributed by atoms with van der Waals surface area (Å²) in [5.41, 5.74) is -0.828. The van der Waals surface area contributed by atoms with Gasteiger partial charge in [-0.1, -0.05) is 0 Å². The molecule has 8 nitrogen and oxygen atoms in total. The van der Waals surface area contributed by atoms with Crippen molar-refractivity contribution in [2.45, 2.75) is 54.4 Å². The molecule has 0 aromatic heterocycles. The minimum absolute atomic E-state index is 0.218. The molecule has 0 heterocycles. The topological polar surface area (TPSA) is 105 Å². The van der Waals surface area contributed by atoms with E-state index < -0.39 is 43.4 Å². The van der Waals surface area contributed by atoms with Gasteiger partial charge in [-0.25, -0.2) is 0 Å². The van der Waals surface area contributed by atoms with E-state index in [0.29, 0.717) is 27.9 Å². The number of benzene rings is 3. The molecule has 0 N–H and O–H groups in total. The van der Waals surface area contributed by atoms with Crippen molar-refractivity contribution in [3.05, 3.63) is 93.6 Å². The number of esters is 2. The molecule has 0 radical (unpaired) electrons. The molecule has 0 saturated carbocycles. The summed E-state index contributed by atoms with van der Waals surface area (Å²) < 4.78 is 22.9. The van der Waals surface area contributed by atoms with Crippen LogP contribution in [0.25, 0.3) is 0 Å². The molecule has 0 saturated heterocycles. The van der Waals surface area contributed by atoms with Gasteiger partial charge < -0.3 is 0 Å².